The maximum Gasteiger partial charge on any atom is 0.254 e. The van der Waals surface area contributed by atoms with E-state index in [2.05, 4.69) is 6.58 Å². The van der Waals surface area contributed by atoms with E-state index in [-0.39, 0.29) is 30.2 Å². The number of phenolic OH excluding ortho intramolecular Hbond substituents is 1. The van der Waals surface area contributed by atoms with Crippen LogP contribution in [0.5, 0.6) is 5.75 Å². The van der Waals surface area contributed by atoms with Crippen LogP contribution in [0.25, 0.3) is 21.9 Å². The molecule has 160 valence electrons. The number of hydrogen-bond acceptors (Lipinski definition) is 4. The molecule has 0 aromatic heterocycles. The third-order valence-electron chi connectivity index (χ3n) is 6.28. The summed E-state index contributed by atoms with van der Waals surface area (Å²) < 4.78 is 0. The van der Waals surface area contributed by atoms with Gasteiger partial charge in [-0.3, -0.25) is 14.4 Å². The SMILES string of the molecule is C=CC(=O)N1CC(N2Cc3c(C(N)=O)cc(-c4cc(O)cc5ccccc45)cc3C2=O)C1. The zero-order chi connectivity index (χ0) is 22.6. The molecule has 32 heavy (non-hydrogen) atoms. The van der Waals surface area contributed by atoms with Gasteiger partial charge in [0.25, 0.3) is 5.91 Å². The summed E-state index contributed by atoms with van der Waals surface area (Å²) in [6.07, 6.45) is 1.26. The summed E-state index contributed by atoms with van der Waals surface area (Å²) in [5, 5.41) is 12.0. The van der Waals surface area contributed by atoms with Crippen molar-refractivity contribution in [2.75, 3.05) is 13.1 Å². The number of phenols is 1. The van der Waals surface area contributed by atoms with Gasteiger partial charge in [-0.2, -0.15) is 0 Å². The van der Waals surface area contributed by atoms with Gasteiger partial charge in [0, 0.05) is 30.8 Å². The first-order valence-electron chi connectivity index (χ1n) is 10.3. The summed E-state index contributed by atoms with van der Waals surface area (Å²) in [6, 6.07) is 14.2. The third kappa shape index (κ3) is 3.01. The molecule has 1 fully saturated rings. The van der Waals surface area contributed by atoms with Crippen LogP contribution in [0.15, 0.2) is 61.2 Å². The Bertz CT molecular complexity index is 1320. The highest BCUT2D eigenvalue weighted by Gasteiger charge is 2.41. The number of benzene rings is 3. The Morgan fingerprint density at radius 2 is 1.84 bits per heavy atom. The molecule has 3 aromatic carbocycles. The molecule has 0 radical (unpaired) electrons. The topological polar surface area (TPSA) is 104 Å². The number of primary amides is 1. The van der Waals surface area contributed by atoms with Gasteiger partial charge >= 0.3 is 0 Å². The molecular weight excluding hydrogens is 406 g/mol. The van der Waals surface area contributed by atoms with Gasteiger partial charge in [-0.05, 0) is 57.8 Å². The number of aromatic hydroxyl groups is 1. The van der Waals surface area contributed by atoms with Gasteiger partial charge in [0.05, 0.1) is 6.04 Å². The zero-order valence-electron chi connectivity index (χ0n) is 17.2. The van der Waals surface area contributed by atoms with E-state index in [0.29, 0.717) is 40.9 Å². The van der Waals surface area contributed by atoms with E-state index in [1.165, 1.54) is 6.08 Å². The first kappa shape index (κ1) is 19.8. The van der Waals surface area contributed by atoms with Gasteiger partial charge in [-0.25, -0.2) is 0 Å². The van der Waals surface area contributed by atoms with Gasteiger partial charge in [0.15, 0.2) is 0 Å². The average Bonchev–Trinajstić information content (AvgIpc) is 3.07. The Morgan fingerprint density at radius 1 is 1.09 bits per heavy atom. The second kappa shape index (κ2) is 7.23. The van der Waals surface area contributed by atoms with Gasteiger partial charge < -0.3 is 20.6 Å². The molecule has 7 nitrogen and oxygen atoms in total. The molecule has 1 saturated heterocycles. The summed E-state index contributed by atoms with van der Waals surface area (Å²) in [6.45, 7) is 4.62. The molecule has 3 amide bonds. The van der Waals surface area contributed by atoms with Crippen LogP contribution in [0.4, 0.5) is 0 Å². The Balaban J connectivity index is 1.57. The quantitative estimate of drug-likeness (QED) is 0.625. The molecule has 0 aliphatic carbocycles. The van der Waals surface area contributed by atoms with Crippen LogP contribution in [0, 0.1) is 0 Å². The number of fused-ring (bicyclic) bond motifs is 2. The maximum absolute atomic E-state index is 13.3. The number of rotatable bonds is 4. The predicted molar refractivity (Wildman–Crippen MR) is 120 cm³/mol. The minimum Gasteiger partial charge on any atom is -0.508 e. The fourth-order valence-corrected chi connectivity index (χ4v) is 4.60. The highest BCUT2D eigenvalue weighted by molar-refractivity contribution is 6.07. The number of nitrogens with two attached hydrogens (primary N) is 1. The zero-order valence-corrected chi connectivity index (χ0v) is 17.2. The smallest absolute Gasteiger partial charge is 0.254 e. The molecule has 0 unspecified atom stereocenters. The molecule has 2 aliphatic rings. The number of carbonyl (C=O) groups excluding carboxylic acids is 3. The fourth-order valence-electron chi connectivity index (χ4n) is 4.60. The predicted octanol–water partition coefficient (Wildman–Crippen LogP) is 2.66. The standard InChI is InChI=1S/C25H21N3O4/c1-2-23(30)27-11-16(12-27)28-13-22-20(24(26)31)8-15(9-21(22)25(28)32)19-10-17(29)7-14-5-3-4-6-18(14)19/h2-10,16,29H,1,11-13H2,(H2,26,31). The van der Waals surface area contributed by atoms with Crippen molar-refractivity contribution in [3.8, 4) is 16.9 Å². The summed E-state index contributed by atoms with van der Waals surface area (Å²) in [4.78, 5) is 40.6. The summed E-state index contributed by atoms with van der Waals surface area (Å²) in [5.74, 6) is -0.876. The van der Waals surface area contributed by atoms with Gasteiger partial charge in [0.2, 0.25) is 11.8 Å². The maximum atomic E-state index is 13.3. The molecule has 0 bridgehead atoms. The minimum atomic E-state index is -0.612. The monoisotopic (exact) mass is 427 g/mol. The van der Waals surface area contributed by atoms with E-state index in [4.69, 9.17) is 5.73 Å². The number of nitrogens with zero attached hydrogens (tertiary/aromatic N) is 2. The molecule has 7 heteroatoms. The van der Waals surface area contributed by atoms with Crippen molar-refractivity contribution in [1.29, 1.82) is 0 Å². The van der Waals surface area contributed by atoms with E-state index in [1.54, 1.807) is 34.1 Å². The molecule has 0 saturated carbocycles. The molecule has 2 heterocycles. The van der Waals surface area contributed by atoms with Crippen molar-refractivity contribution in [2.45, 2.75) is 12.6 Å². The number of likely N-dealkylation sites (tertiary alicyclic amines) is 1. The van der Waals surface area contributed by atoms with Crippen molar-refractivity contribution >= 4 is 28.5 Å². The highest BCUT2D eigenvalue weighted by Crippen LogP contribution is 2.38. The second-order valence-electron chi connectivity index (χ2n) is 8.16. The Morgan fingerprint density at radius 3 is 2.56 bits per heavy atom. The largest absolute Gasteiger partial charge is 0.508 e. The van der Waals surface area contributed by atoms with Crippen LogP contribution in [0.3, 0.4) is 0 Å². The Labute approximate surface area is 184 Å². The van der Waals surface area contributed by atoms with Crippen molar-refractivity contribution in [1.82, 2.24) is 9.80 Å². The first-order chi connectivity index (χ1) is 15.4. The molecule has 3 aromatic rings. The van der Waals surface area contributed by atoms with Gasteiger partial charge in [-0.15, -0.1) is 0 Å². The van der Waals surface area contributed by atoms with E-state index in [0.717, 1.165) is 10.8 Å². The van der Waals surface area contributed by atoms with Crippen molar-refractivity contribution in [2.24, 2.45) is 5.73 Å². The molecule has 0 atom stereocenters. The van der Waals surface area contributed by atoms with Crippen LogP contribution < -0.4 is 5.73 Å². The fraction of sp³-hybridized carbons (Fsp3) is 0.160. The molecule has 3 N–H and O–H groups in total. The summed E-state index contributed by atoms with van der Waals surface area (Å²) in [7, 11) is 0. The second-order valence-corrected chi connectivity index (χ2v) is 8.16. The lowest BCUT2D eigenvalue weighted by atomic mass is 9.92. The summed E-state index contributed by atoms with van der Waals surface area (Å²) in [5.41, 5.74) is 8.36. The van der Waals surface area contributed by atoms with E-state index < -0.39 is 5.91 Å². The number of hydrogen-bond donors (Lipinski definition) is 2. The minimum absolute atomic E-state index is 0.0919. The highest BCUT2D eigenvalue weighted by atomic mass is 16.3. The van der Waals surface area contributed by atoms with Crippen LogP contribution in [-0.4, -0.2) is 51.8 Å². The lowest BCUT2D eigenvalue weighted by Crippen LogP contribution is -2.60. The molecule has 0 spiro atoms. The van der Waals surface area contributed by atoms with Gasteiger partial charge in [0.1, 0.15) is 5.75 Å². The average molecular weight is 427 g/mol. The van der Waals surface area contributed by atoms with Crippen molar-refractivity contribution in [3.63, 3.8) is 0 Å². The normalized spacial score (nSPS) is 15.6. The lowest BCUT2D eigenvalue weighted by Gasteiger charge is -2.43. The van der Waals surface area contributed by atoms with E-state index in [9.17, 15) is 19.5 Å². The van der Waals surface area contributed by atoms with E-state index in [1.807, 2.05) is 24.3 Å². The molecule has 5 rings (SSSR count). The van der Waals surface area contributed by atoms with Crippen LogP contribution in [0.2, 0.25) is 0 Å². The molecule has 2 aliphatic heterocycles. The lowest BCUT2D eigenvalue weighted by molar-refractivity contribution is -0.132. The van der Waals surface area contributed by atoms with E-state index >= 15 is 0 Å². The molecular formula is C25H21N3O4. The Hall–Kier alpha value is -4.13. The first-order valence-corrected chi connectivity index (χ1v) is 10.3. The van der Waals surface area contributed by atoms with Crippen LogP contribution in [0.1, 0.15) is 26.3 Å². The number of carbonyl (C=O) groups is 3. The van der Waals surface area contributed by atoms with Crippen molar-refractivity contribution in [3.05, 3.63) is 77.9 Å². The number of amides is 3. The third-order valence-corrected chi connectivity index (χ3v) is 6.28. The summed E-state index contributed by atoms with van der Waals surface area (Å²) >= 11 is 0. The Kier molecular flexibility index (Phi) is 4.48. The van der Waals surface area contributed by atoms with Crippen molar-refractivity contribution < 1.29 is 19.5 Å². The van der Waals surface area contributed by atoms with Crippen LogP contribution >= 0.6 is 0 Å². The van der Waals surface area contributed by atoms with Gasteiger partial charge in [-0.1, -0.05) is 30.8 Å². The van der Waals surface area contributed by atoms with Crippen LogP contribution in [-0.2, 0) is 11.3 Å².